The zero-order valence-electron chi connectivity index (χ0n) is 13.7. The molecular weight excluding hydrogens is 324 g/mol. The first-order chi connectivity index (χ1) is 11.7. The van der Waals surface area contributed by atoms with Crippen LogP contribution in [0.4, 0.5) is 5.69 Å². The van der Waals surface area contributed by atoms with Gasteiger partial charge in [-0.15, -0.1) is 0 Å². The standard InChI is InChI=1S/C17H22N4O2S/c1-2-16(22)19-13-7-5-12(6-8-13)15-11-24-17(21-20-15)18-10-14-4-3-9-23-14/h5-8,11,14,20H,2-4,9-10H2,1H3,(H,18,21)(H,19,22)/t14-/m0/s1. The van der Waals surface area contributed by atoms with Crippen molar-refractivity contribution in [2.45, 2.75) is 32.3 Å². The van der Waals surface area contributed by atoms with Gasteiger partial charge in [-0.25, -0.2) is 0 Å². The number of hydrogen-bond donors (Lipinski definition) is 3. The topological polar surface area (TPSA) is 74.8 Å². The van der Waals surface area contributed by atoms with E-state index in [9.17, 15) is 4.79 Å². The zero-order chi connectivity index (χ0) is 16.8. The molecule has 1 aromatic rings. The molecule has 2 heterocycles. The highest BCUT2D eigenvalue weighted by atomic mass is 32.2. The summed E-state index contributed by atoms with van der Waals surface area (Å²) in [6.07, 6.45) is 2.96. The summed E-state index contributed by atoms with van der Waals surface area (Å²) in [5, 5.41) is 5.72. The molecular formula is C17H22N4O2S. The Morgan fingerprint density at radius 2 is 2.21 bits per heavy atom. The largest absolute Gasteiger partial charge is 0.376 e. The molecule has 0 bridgehead atoms. The first kappa shape index (κ1) is 16.9. The van der Waals surface area contributed by atoms with E-state index in [0.29, 0.717) is 13.0 Å². The van der Waals surface area contributed by atoms with Crippen LogP contribution in [-0.4, -0.2) is 30.3 Å². The molecule has 24 heavy (non-hydrogen) atoms. The van der Waals surface area contributed by atoms with Gasteiger partial charge >= 0.3 is 0 Å². The second-order valence-electron chi connectivity index (χ2n) is 5.66. The number of aliphatic imine (C=N–C) groups is 1. The molecule has 1 saturated heterocycles. The molecule has 1 amide bonds. The Morgan fingerprint density at radius 3 is 2.83 bits per heavy atom. The first-order valence-corrected chi connectivity index (χ1v) is 9.08. The Hall–Kier alpha value is -1.99. The van der Waals surface area contributed by atoms with Gasteiger partial charge < -0.3 is 10.1 Å². The highest BCUT2D eigenvalue weighted by Crippen LogP contribution is 2.22. The van der Waals surface area contributed by atoms with Gasteiger partial charge in [0.1, 0.15) is 0 Å². The van der Waals surface area contributed by atoms with E-state index in [2.05, 4.69) is 21.2 Å². The number of benzene rings is 1. The molecule has 0 spiro atoms. The van der Waals surface area contributed by atoms with E-state index in [0.717, 1.165) is 41.6 Å². The van der Waals surface area contributed by atoms with Crippen LogP contribution >= 0.6 is 11.8 Å². The summed E-state index contributed by atoms with van der Waals surface area (Å²) in [4.78, 5) is 15.9. The molecule has 2 aliphatic heterocycles. The molecule has 1 atom stereocenters. The van der Waals surface area contributed by atoms with Gasteiger partial charge in [-0.1, -0.05) is 30.8 Å². The van der Waals surface area contributed by atoms with Crippen molar-refractivity contribution in [3.8, 4) is 0 Å². The Kier molecular flexibility index (Phi) is 5.77. The molecule has 7 heteroatoms. The molecule has 6 nitrogen and oxygen atoms in total. The number of amides is 1. The molecule has 0 unspecified atom stereocenters. The number of thioether (sulfide) groups is 1. The van der Waals surface area contributed by atoms with E-state index in [1.54, 1.807) is 11.8 Å². The number of carbonyl (C=O) groups excluding carboxylic acids is 1. The van der Waals surface area contributed by atoms with Crippen molar-refractivity contribution in [2.24, 2.45) is 4.99 Å². The molecule has 3 N–H and O–H groups in total. The SMILES string of the molecule is CCC(=O)Nc1ccc(C2=CSC(=NC[C@@H]3CCCO3)NN2)cc1. The van der Waals surface area contributed by atoms with Crippen LogP contribution in [-0.2, 0) is 9.53 Å². The van der Waals surface area contributed by atoms with Crippen LogP contribution in [0.2, 0.25) is 0 Å². The lowest BCUT2D eigenvalue weighted by molar-refractivity contribution is -0.115. The summed E-state index contributed by atoms with van der Waals surface area (Å²) < 4.78 is 5.57. The van der Waals surface area contributed by atoms with Gasteiger partial charge in [0.2, 0.25) is 5.91 Å². The molecule has 128 valence electrons. The average Bonchev–Trinajstić information content (AvgIpc) is 3.14. The number of ether oxygens (including phenoxy) is 1. The number of amidine groups is 1. The van der Waals surface area contributed by atoms with Crippen molar-refractivity contribution in [1.29, 1.82) is 0 Å². The number of nitrogens with one attached hydrogen (secondary N) is 3. The predicted octanol–water partition coefficient (Wildman–Crippen LogP) is 2.71. The third kappa shape index (κ3) is 4.52. The van der Waals surface area contributed by atoms with Gasteiger partial charge in [0.15, 0.2) is 5.17 Å². The maximum Gasteiger partial charge on any atom is 0.224 e. The highest BCUT2D eigenvalue weighted by Gasteiger charge is 2.16. The minimum atomic E-state index is 0.0158. The summed E-state index contributed by atoms with van der Waals surface area (Å²) >= 11 is 1.56. The Bertz CT molecular complexity index is 636. The molecule has 0 radical (unpaired) electrons. The van der Waals surface area contributed by atoms with E-state index in [1.165, 1.54) is 0 Å². The third-order valence-corrected chi connectivity index (χ3v) is 4.66. The van der Waals surface area contributed by atoms with Gasteiger partial charge in [-0.3, -0.25) is 20.6 Å². The lowest BCUT2D eigenvalue weighted by atomic mass is 10.1. The van der Waals surface area contributed by atoms with Crippen LogP contribution < -0.4 is 16.2 Å². The van der Waals surface area contributed by atoms with Gasteiger partial charge in [-0.05, 0) is 25.0 Å². The molecule has 1 fully saturated rings. The maximum absolute atomic E-state index is 11.4. The van der Waals surface area contributed by atoms with E-state index >= 15 is 0 Å². The van der Waals surface area contributed by atoms with Crippen molar-refractivity contribution in [1.82, 2.24) is 10.9 Å². The molecule has 0 saturated carbocycles. The number of nitrogens with zero attached hydrogens (tertiary/aromatic N) is 1. The number of carbonyl (C=O) groups is 1. The van der Waals surface area contributed by atoms with E-state index in [-0.39, 0.29) is 12.0 Å². The third-order valence-electron chi connectivity index (χ3n) is 3.86. The molecule has 0 aromatic heterocycles. The van der Waals surface area contributed by atoms with E-state index in [4.69, 9.17) is 4.74 Å². The van der Waals surface area contributed by atoms with Crippen LogP contribution in [0.5, 0.6) is 0 Å². The second-order valence-corrected chi connectivity index (χ2v) is 6.52. The Labute approximate surface area is 146 Å². The normalized spacial score (nSPS) is 21.8. The van der Waals surface area contributed by atoms with Gasteiger partial charge in [0, 0.05) is 29.7 Å². The maximum atomic E-state index is 11.4. The zero-order valence-corrected chi connectivity index (χ0v) is 14.5. The van der Waals surface area contributed by atoms with Gasteiger partial charge in [0.25, 0.3) is 0 Å². The average molecular weight is 346 g/mol. The summed E-state index contributed by atoms with van der Waals surface area (Å²) in [5.74, 6) is 0.0158. The lowest BCUT2D eigenvalue weighted by Gasteiger charge is -2.19. The van der Waals surface area contributed by atoms with Crippen LogP contribution in [0.1, 0.15) is 31.7 Å². The van der Waals surface area contributed by atoms with Crippen molar-refractivity contribution in [2.75, 3.05) is 18.5 Å². The van der Waals surface area contributed by atoms with Crippen molar-refractivity contribution >= 4 is 34.2 Å². The number of hydrogen-bond acceptors (Lipinski definition) is 5. The fourth-order valence-corrected chi connectivity index (χ4v) is 3.15. The highest BCUT2D eigenvalue weighted by molar-refractivity contribution is 8.16. The van der Waals surface area contributed by atoms with Crippen LogP contribution in [0.25, 0.3) is 5.70 Å². The lowest BCUT2D eigenvalue weighted by Crippen LogP contribution is -2.37. The predicted molar refractivity (Wildman–Crippen MR) is 98.5 cm³/mol. The Morgan fingerprint density at radius 1 is 1.38 bits per heavy atom. The van der Waals surface area contributed by atoms with Gasteiger partial charge in [-0.2, -0.15) is 0 Å². The molecule has 0 aliphatic carbocycles. The summed E-state index contributed by atoms with van der Waals surface area (Å²) in [6, 6.07) is 7.75. The van der Waals surface area contributed by atoms with Gasteiger partial charge in [0.05, 0.1) is 18.3 Å². The quantitative estimate of drug-likeness (QED) is 0.764. The smallest absolute Gasteiger partial charge is 0.224 e. The monoisotopic (exact) mass is 346 g/mol. The fraction of sp³-hybridized carbons (Fsp3) is 0.412. The molecule has 2 aliphatic rings. The van der Waals surface area contributed by atoms with Crippen molar-refractivity contribution < 1.29 is 9.53 Å². The number of rotatable bonds is 5. The van der Waals surface area contributed by atoms with Crippen LogP contribution in [0.3, 0.4) is 0 Å². The summed E-state index contributed by atoms with van der Waals surface area (Å²) in [7, 11) is 0. The van der Waals surface area contributed by atoms with E-state index in [1.807, 2.05) is 36.6 Å². The summed E-state index contributed by atoms with van der Waals surface area (Å²) in [6.45, 7) is 3.39. The Balaban J connectivity index is 1.56. The number of anilines is 1. The molecule has 3 rings (SSSR count). The first-order valence-electron chi connectivity index (χ1n) is 8.20. The minimum Gasteiger partial charge on any atom is -0.376 e. The van der Waals surface area contributed by atoms with E-state index < -0.39 is 0 Å². The number of hydrazine groups is 1. The molecule has 1 aromatic carbocycles. The fourth-order valence-electron chi connectivity index (χ4n) is 2.47. The van der Waals surface area contributed by atoms with Crippen LogP contribution in [0, 0.1) is 0 Å². The second kappa shape index (κ2) is 8.21. The van der Waals surface area contributed by atoms with Crippen molar-refractivity contribution in [3.05, 3.63) is 35.2 Å². The van der Waals surface area contributed by atoms with Crippen LogP contribution in [0.15, 0.2) is 34.7 Å². The van der Waals surface area contributed by atoms with Crippen molar-refractivity contribution in [3.63, 3.8) is 0 Å². The summed E-state index contributed by atoms with van der Waals surface area (Å²) in [5.41, 5.74) is 9.11. The minimum absolute atomic E-state index is 0.0158.